The topological polar surface area (TPSA) is 69.7 Å². The van der Waals surface area contributed by atoms with Gasteiger partial charge in [0, 0.05) is 5.56 Å². The summed E-state index contributed by atoms with van der Waals surface area (Å²) in [6, 6.07) is 22.5. The highest BCUT2D eigenvalue weighted by Gasteiger charge is 2.29. The molecule has 176 valence electrons. The van der Waals surface area contributed by atoms with Gasteiger partial charge in [0.1, 0.15) is 0 Å². The minimum Gasteiger partial charge on any atom is -0.442 e. The van der Waals surface area contributed by atoms with Gasteiger partial charge in [0.2, 0.25) is 6.10 Å². The number of carbonyl (C=O) groups is 3. The quantitative estimate of drug-likeness (QED) is 0.311. The Labute approximate surface area is 200 Å². The van der Waals surface area contributed by atoms with Crippen molar-refractivity contribution < 1.29 is 23.9 Å². The van der Waals surface area contributed by atoms with Crippen molar-refractivity contribution in [1.29, 1.82) is 0 Å². The zero-order valence-electron chi connectivity index (χ0n) is 20.0. The highest BCUT2D eigenvalue weighted by Crippen LogP contribution is 2.24. The van der Waals surface area contributed by atoms with Gasteiger partial charge in [-0.25, -0.2) is 14.4 Å². The molecule has 5 nitrogen and oxygen atoms in total. The van der Waals surface area contributed by atoms with E-state index in [0.717, 1.165) is 24.0 Å². The van der Waals surface area contributed by atoms with Crippen molar-refractivity contribution in [3.63, 3.8) is 0 Å². The molecule has 0 aliphatic heterocycles. The summed E-state index contributed by atoms with van der Waals surface area (Å²) < 4.78 is 10.6. The second-order valence-electron chi connectivity index (χ2n) is 9.18. The zero-order chi connectivity index (χ0) is 24.7. The molecule has 3 aromatic carbocycles. The highest BCUT2D eigenvalue weighted by atomic mass is 16.6. The number of aryl methyl sites for hydroxylation is 1. The van der Waals surface area contributed by atoms with Gasteiger partial charge >= 0.3 is 17.9 Å². The molecule has 0 aromatic heterocycles. The Kier molecular flexibility index (Phi) is 8.00. The first-order valence-electron chi connectivity index (χ1n) is 11.4. The van der Waals surface area contributed by atoms with Crippen molar-refractivity contribution in [1.82, 2.24) is 0 Å². The average molecular weight is 459 g/mol. The Bertz CT molecular complexity index is 1120. The van der Waals surface area contributed by atoms with Crippen molar-refractivity contribution in [3.8, 4) is 0 Å². The van der Waals surface area contributed by atoms with Crippen LogP contribution < -0.4 is 0 Å². The predicted octanol–water partition coefficient (Wildman–Crippen LogP) is 6.22. The van der Waals surface area contributed by atoms with Crippen LogP contribution in [0.3, 0.4) is 0 Å². The average Bonchev–Trinajstić information content (AvgIpc) is 2.83. The Morgan fingerprint density at radius 2 is 1.32 bits per heavy atom. The lowest BCUT2D eigenvalue weighted by Gasteiger charge is -2.19. The van der Waals surface area contributed by atoms with E-state index in [2.05, 4.69) is 27.7 Å². The first-order valence-corrected chi connectivity index (χ1v) is 11.4. The molecule has 0 saturated carbocycles. The maximum atomic E-state index is 12.9. The van der Waals surface area contributed by atoms with Crippen molar-refractivity contribution in [2.75, 3.05) is 0 Å². The van der Waals surface area contributed by atoms with Crippen LogP contribution in [0.4, 0.5) is 0 Å². The zero-order valence-corrected chi connectivity index (χ0v) is 20.0. The van der Waals surface area contributed by atoms with Crippen LogP contribution in [-0.4, -0.2) is 17.9 Å². The number of esters is 3. The van der Waals surface area contributed by atoms with E-state index in [0.29, 0.717) is 11.1 Å². The number of benzene rings is 3. The van der Waals surface area contributed by atoms with Crippen LogP contribution in [0.25, 0.3) is 0 Å². The fourth-order valence-corrected chi connectivity index (χ4v) is 3.46. The number of ether oxygens (including phenoxy) is 2. The second-order valence-corrected chi connectivity index (χ2v) is 9.18. The summed E-state index contributed by atoms with van der Waals surface area (Å²) in [7, 11) is 0. The first-order chi connectivity index (χ1) is 16.2. The third-order valence-electron chi connectivity index (χ3n) is 5.45. The van der Waals surface area contributed by atoms with Gasteiger partial charge in [0.15, 0.2) is 0 Å². The Hall–Kier alpha value is -3.73. The van der Waals surface area contributed by atoms with Gasteiger partial charge < -0.3 is 9.47 Å². The van der Waals surface area contributed by atoms with E-state index in [9.17, 15) is 14.4 Å². The van der Waals surface area contributed by atoms with Crippen LogP contribution >= 0.6 is 0 Å². The van der Waals surface area contributed by atoms with Gasteiger partial charge in [-0.2, -0.15) is 0 Å². The lowest BCUT2D eigenvalue weighted by molar-refractivity contribution is -0.148. The van der Waals surface area contributed by atoms with E-state index < -0.39 is 24.0 Å². The van der Waals surface area contributed by atoms with Gasteiger partial charge in [-0.3, -0.25) is 0 Å². The second kappa shape index (κ2) is 10.9. The van der Waals surface area contributed by atoms with E-state index in [1.54, 1.807) is 54.6 Å². The minimum absolute atomic E-state index is 0.0698. The molecule has 34 heavy (non-hydrogen) atoms. The molecule has 1 atom stereocenters. The summed E-state index contributed by atoms with van der Waals surface area (Å²) in [5.74, 6) is -2.42. The number of carbonyl (C=O) groups excluding carboxylic acids is 3. The van der Waals surface area contributed by atoms with Crippen molar-refractivity contribution in [2.45, 2.75) is 52.1 Å². The van der Waals surface area contributed by atoms with Gasteiger partial charge in [-0.05, 0) is 47.2 Å². The number of rotatable bonds is 7. The highest BCUT2D eigenvalue weighted by molar-refractivity contribution is 5.99. The monoisotopic (exact) mass is 458 g/mol. The fraction of sp³-hybridized carbons (Fsp3) is 0.276. The Morgan fingerprint density at radius 3 is 1.88 bits per heavy atom. The summed E-state index contributed by atoms with van der Waals surface area (Å²) >= 11 is 0. The van der Waals surface area contributed by atoms with E-state index in [1.807, 2.05) is 24.3 Å². The summed E-state index contributed by atoms with van der Waals surface area (Å²) in [6.45, 7) is 8.29. The molecule has 3 rings (SSSR count). The molecule has 5 heteroatoms. The molecule has 0 N–H and O–H groups in total. The van der Waals surface area contributed by atoms with Crippen molar-refractivity contribution in [2.24, 2.45) is 0 Å². The van der Waals surface area contributed by atoms with Crippen LogP contribution in [0.1, 0.15) is 77.6 Å². The molecule has 0 aliphatic carbocycles. The summed E-state index contributed by atoms with van der Waals surface area (Å²) in [5.41, 5.74) is 3.07. The van der Waals surface area contributed by atoms with E-state index >= 15 is 0 Å². The summed E-state index contributed by atoms with van der Waals surface area (Å²) in [5, 5.41) is 0. The van der Waals surface area contributed by atoms with Gasteiger partial charge in [0.25, 0.3) is 0 Å². The minimum atomic E-state index is -1.37. The molecule has 0 saturated heterocycles. The van der Waals surface area contributed by atoms with Gasteiger partial charge in [-0.1, -0.05) is 88.7 Å². The fourth-order valence-electron chi connectivity index (χ4n) is 3.46. The van der Waals surface area contributed by atoms with E-state index in [-0.39, 0.29) is 11.0 Å². The molecule has 0 aliphatic rings. The SMILES string of the molecule is CCCc1ccc(C(=O)OC(C(=O)OC(=O)c2ccc(C(C)(C)C)cc2)c2ccccc2)cc1. The van der Waals surface area contributed by atoms with Crippen LogP contribution in [-0.2, 0) is 26.1 Å². The lowest BCUT2D eigenvalue weighted by Crippen LogP contribution is -2.24. The molecule has 0 spiro atoms. The molecule has 0 fully saturated rings. The Morgan fingerprint density at radius 1 is 0.765 bits per heavy atom. The predicted molar refractivity (Wildman–Crippen MR) is 131 cm³/mol. The maximum Gasteiger partial charge on any atom is 0.360 e. The lowest BCUT2D eigenvalue weighted by atomic mass is 9.87. The summed E-state index contributed by atoms with van der Waals surface area (Å²) in [4.78, 5) is 38.3. The maximum absolute atomic E-state index is 12.9. The van der Waals surface area contributed by atoms with Crippen LogP contribution in [0.2, 0.25) is 0 Å². The van der Waals surface area contributed by atoms with E-state index in [4.69, 9.17) is 9.47 Å². The number of hydrogen-bond acceptors (Lipinski definition) is 5. The number of hydrogen-bond donors (Lipinski definition) is 0. The molecule has 0 amide bonds. The smallest absolute Gasteiger partial charge is 0.360 e. The normalized spacial score (nSPS) is 12.0. The molecule has 0 heterocycles. The molecule has 0 radical (unpaired) electrons. The van der Waals surface area contributed by atoms with Gasteiger partial charge in [-0.15, -0.1) is 0 Å². The van der Waals surface area contributed by atoms with Crippen LogP contribution in [0, 0.1) is 0 Å². The van der Waals surface area contributed by atoms with Crippen molar-refractivity contribution in [3.05, 3.63) is 107 Å². The molecule has 1 unspecified atom stereocenters. The molecular weight excluding hydrogens is 428 g/mol. The molecular formula is C29H30O5. The van der Waals surface area contributed by atoms with E-state index in [1.165, 1.54) is 0 Å². The Balaban J connectivity index is 1.77. The standard InChI is InChI=1S/C29H30O5/c1-5-9-20-12-14-22(15-13-20)26(30)33-25(21-10-7-6-8-11-21)28(32)34-27(31)23-16-18-24(19-17-23)29(2,3)4/h6-8,10-19,25H,5,9H2,1-4H3. The third kappa shape index (κ3) is 6.41. The third-order valence-corrected chi connectivity index (χ3v) is 5.45. The van der Waals surface area contributed by atoms with Crippen molar-refractivity contribution >= 4 is 17.9 Å². The largest absolute Gasteiger partial charge is 0.442 e. The molecule has 3 aromatic rings. The summed E-state index contributed by atoms with van der Waals surface area (Å²) in [6.07, 6.45) is 0.535. The first kappa shape index (κ1) is 24.9. The van der Waals surface area contributed by atoms with Crippen LogP contribution in [0.5, 0.6) is 0 Å². The van der Waals surface area contributed by atoms with Crippen LogP contribution in [0.15, 0.2) is 78.9 Å². The van der Waals surface area contributed by atoms with Gasteiger partial charge in [0.05, 0.1) is 11.1 Å². The molecule has 0 bridgehead atoms.